The van der Waals surface area contributed by atoms with Crippen molar-refractivity contribution in [3.05, 3.63) is 40.6 Å². The number of H-pyrrole nitrogens is 1. The van der Waals surface area contributed by atoms with Crippen LogP contribution in [-0.2, 0) is 0 Å². The van der Waals surface area contributed by atoms with Crippen LogP contribution >= 0.6 is 11.3 Å². The average molecular weight is 316 g/mol. The van der Waals surface area contributed by atoms with E-state index < -0.39 is 0 Å². The minimum atomic E-state index is 0.00790. The molecule has 2 saturated heterocycles. The number of aromatic nitrogens is 2. The smallest absolute Gasteiger partial charge is 0.273 e. The fraction of sp³-hybridized carbons (Fsp3) is 0.400. The van der Waals surface area contributed by atoms with Gasteiger partial charge in [0.1, 0.15) is 5.69 Å². The average Bonchev–Trinajstić information content (AvgIpc) is 3.24. The normalized spacial score (nSPS) is 19.5. The second kappa shape index (κ2) is 4.95. The molecule has 7 heteroatoms. The first-order valence-corrected chi connectivity index (χ1v) is 8.21. The van der Waals surface area contributed by atoms with Gasteiger partial charge in [0.05, 0.1) is 11.1 Å². The minimum Gasteiger partial charge on any atom is -0.367 e. The van der Waals surface area contributed by atoms with Crippen LogP contribution < -0.4 is 0 Å². The number of rotatable bonds is 2. The zero-order valence-corrected chi connectivity index (χ0v) is 12.8. The van der Waals surface area contributed by atoms with Crippen molar-refractivity contribution in [3.8, 4) is 0 Å². The van der Waals surface area contributed by atoms with Gasteiger partial charge in [-0.05, 0) is 12.5 Å². The predicted octanol–water partition coefficient (Wildman–Crippen LogP) is 1.46. The topological polar surface area (TPSA) is 69.3 Å². The van der Waals surface area contributed by atoms with Crippen molar-refractivity contribution in [2.75, 3.05) is 26.2 Å². The summed E-state index contributed by atoms with van der Waals surface area (Å²) in [5, 5.41) is 1.79. The van der Waals surface area contributed by atoms with Crippen molar-refractivity contribution < 1.29 is 9.59 Å². The van der Waals surface area contributed by atoms with Gasteiger partial charge in [0.25, 0.3) is 11.8 Å². The number of carbonyl (C=O) groups is 2. The van der Waals surface area contributed by atoms with Gasteiger partial charge in [0.15, 0.2) is 0 Å². The van der Waals surface area contributed by atoms with E-state index in [-0.39, 0.29) is 17.2 Å². The predicted molar refractivity (Wildman–Crippen MR) is 81.8 cm³/mol. The summed E-state index contributed by atoms with van der Waals surface area (Å²) in [6.07, 6.45) is 4.44. The third kappa shape index (κ3) is 2.12. The maximum absolute atomic E-state index is 12.3. The molecule has 4 rings (SSSR count). The zero-order valence-electron chi connectivity index (χ0n) is 12.0. The van der Waals surface area contributed by atoms with E-state index >= 15 is 0 Å². The van der Waals surface area contributed by atoms with Gasteiger partial charge in [0, 0.05) is 49.4 Å². The van der Waals surface area contributed by atoms with Gasteiger partial charge in [-0.15, -0.1) is 11.3 Å². The Kier molecular flexibility index (Phi) is 3.04. The highest BCUT2D eigenvalue weighted by atomic mass is 32.1. The largest absolute Gasteiger partial charge is 0.367 e. The highest BCUT2D eigenvalue weighted by Gasteiger charge is 2.50. The lowest BCUT2D eigenvalue weighted by molar-refractivity contribution is 0.0110. The number of likely N-dealkylation sites (tertiary alicyclic amines) is 2. The number of nitrogens with zero attached hydrogens (tertiary/aromatic N) is 3. The highest BCUT2D eigenvalue weighted by molar-refractivity contribution is 7.07. The van der Waals surface area contributed by atoms with E-state index in [1.807, 2.05) is 9.80 Å². The summed E-state index contributed by atoms with van der Waals surface area (Å²) in [6, 6.07) is 1.79. The van der Waals surface area contributed by atoms with Crippen LogP contribution in [0.2, 0.25) is 0 Å². The summed E-state index contributed by atoms with van der Waals surface area (Å²) in [5.41, 5.74) is 2.99. The molecule has 0 atom stereocenters. The van der Waals surface area contributed by atoms with E-state index in [4.69, 9.17) is 0 Å². The van der Waals surface area contributed by atoms with E-state index in [0.717, 1.165) is 32.6 Å². The van der Waals surface area contributed by atoms with Gasteiger partial charge in [-0.3, -0.25) is 9.59 Å². The summed E-state index contributed by atoms with van der Waals surface area (Å²) in [4.78, 5) is 35.3. The van der Waals surface area contributed by atoms with E-state index in [2.05, 4.69) is 9.97 Å². The SMILES string of the molecule is O=C(c1cc[nH]c1)N1CC2(CCN(C(=O)c3cscn3)C2)C1. The first-order chi connectivity index (χ1) is 10.7. The third-order valence-electron chi connectivity index (χ3n) is 4.56. The van der Waals surface area contributed by atoms with Crippen LogP contribution in [0.5, 0.6) is 0 Å². The van der Waals surface area contributed by atoms with Crippen molar-refractivity contribution >= 4 is 23.2 Å². The van der Waals surface area contributed by atoms with Crippen LogP contribution in [0.3, 0.4) is 0 Å². The summed E-state index contributed by atoms with van der Waals surface area (Å²) in [7, 11) is 0. The van der Waals surface area contributed by atoms with Crippen molar-refractivity contribution in [1.29, 1.82) is 0 Å². The van der Waals surface area contributed by atoms with Crippen molar-refractivity contribution in [2.45, 2.75) is 6.42 Å². The van der Waals surface area contributed by atoms with Crippen molar-refractivity contribution in [1.82, 2.24) is 19.8 Å². The molecule has 0 aliphatic carbocycles. The lowest BCUT2D eigenvalue weighted by atomic mass is 9.79. The zero-order chi connectivity index (χ0) is 15.2. The molecule has 22 heavy (non-hydrogen) atoms. The molecule has 0 aromatic carbocycles. The number of amides is 2. The van der Waals surface area contributed by atoms with Gasteiger partial charge in [0.2, 0.25) is 0 Å². The summed E-state index contributed by atoms with van der Waals surface area (Å²) in [5.74, 6) is 0.0738. The molecule has 2 aliphatic heterocycles. The molecular weight excluding hydrogens is 300 g/mol. The standard InChI is InChI=1S/C15H16N4O2S/c20-13(11-1-3-16-5-11)19-8-15(9-19)2-4-18(7-15)14(21)12-6-22-10-17-12/h1,3,5-6,10,16H,2,4,7-9H2. The van der Waals surface area contributed by atoms with Crippen LogP contribution in [-0.4, -0.2) is 57.8 Å². The Morgan fingerprint density at radius 3 is 2.73 bits per heavy atom. The molecule has 4 heterocycles. The molecule has 2 aliphatic rings. The lowest BCUT2D eigenvalue weighted by Gasteiger charge is -2.47. The third-order valence-corrected chi connectivity index (χ3v) is 5.15. The molecule has 0 unspecified atom stereocenters. The molecule has 0 radical (unpaired) electrons. The number of aromatic amines is 1. The van der Waals surface area contributed by atoms with Crippen LogP contribution in [0.4, 0.5) is 0 Å². The quantitative estimate of drug-likeness (QED) is 0.912. The Balaban J connectivity index is 1.38. The Morgan fingerprint density at radius 1 is 1.23 bits per heavy atom. The minimum absolute atomic E-state index is 0.00790. The number of nitrogens with one attached hydrogen (secondary N) is 1. The Bertz CT molecular complexity index is 689. The molecule has 2 amide bonds. The first-order valence-electron chi connectivity index (χ1n) is 7.26. The second-order valence-electron chi connectivity index (χ2n) is 6.11. The van der Waals surface area contributed by atoms with Crippen LogP contribution in [0.15, 0.2) is 29.4 Å². The molecule has 2 aromatic heterocycles. The van der Waals surface area contributed by atoms with Gasteiger partial charge in [-0.1, -0.05) is 0 Å². The lowest BCUT2D eigenvalue weighted by Crippen LogP contribution is -2.59. The molecule has 0 bridgehead atoms. The van der Waals surface area contributed by atoms with Gasteiger partial charge < -0.3 is 14.8 Å². The number of carbonyl (C=O) groups excluding carboxylic acids is 2. The summed E-state index contributed by atoms with van der Waals surface area (Å²) >= 11 is 1.43. The van der Waals surface area contributed by atoms with Gasteiger partial charge >= 0.3 is 0 Å². The molecule has 1 spiro atoms. The number of thiazole rings is 1. The monoisotopic (exact) mass is 316 g/mol. The summed E-state index contributed by atoms with van der Waals surface area (Å²) < 4.78 is 0. The fourth-order valence-corrected chi connectivity index (χ4v) is 3.92. The number of hydrogen-bond acceptors (Lipinski definition) is 4. The van der Waals surface area contributed by atoms with Crippen molar-refractivity contribution in [3.63, 3.8) is 0 Å². The molecule has 2 aromatic rings. The Hall–Kier alpha value is -2.15. The Labute approximate surface area is 131 Å². The van der Waals surface area contributed by atoms with Crippen LogP contribution in [0.1, 0.15) is 27.3 Å². The second-order valence-corrected chi connectivity index (χ2v) is 6.83. The maximum atomic E-state index is 12.3. The van der Waals surface area contributed by atoms with Gasteiger partial charge in [-0.2, -0.15) is 0 Å². The molecular formula is C15H16N4O2S. The molecule has 114 valence electrons. The fourth-order valence-electron chi connectivity index (χ4n) is 3.39. The van der Waals surface area contributed by atoms with Crippen LogP contribution in [0.25, 0.3) is 0 Å². The molecule has 2 fully saturated rings. The first kappa shape index (κ1) is 13.5. The van der Waals surface area contributed by atoms with Crippen LogP contribution in [0, 0.1) is 5.41 Å². The van der Waals surface area contributed by atoms with Crippen molar-refractivity contribution in [2.24, 2.45) is 5.41 Å². The highest BCUT2D eigenvalue weighted by Crippen LogP contribution is 2.40. The van der Waals surface area contributed by atoms with E-state index in [0.29, 0.717) is 11.3 Å². The molecule has 0 saturated carbocycles. The molecule has 6 nitrogen and oxygen atoms in total. The maximum Gasteiger partial charge on any atom is 0.273 e. The van der Waals surface area contributed by atoms with E-state index in [1.165, 1.54) is 11.3 Å². The molecule has 1 N–H and O–H groups in total. The summed E-state index contributed by atoms with van der Waals surface area (Å²) in [6.45, 7) is 2.94. The van der Waals surface area contributed by atoms with E-state index in [1.54, 1.807) is 29.4 Å². The number of hydrogen-bond donors (Lipinski definition) is 1. The Morgan fingerprint density at radius 2 is 2.05 bits per heavy atom. The van der Waals surface area contributed by atoms with E-state index in [9.17, 15) is 9.59 Å². The van der Waals surface area contributed by atoms with Gasteiger partial charge in [-0.25, -0.2) is 4.98 Å².